The Balaban J connectivity index is 1.66. The van der Waals surface area contributed by atoms with Gasteiger partial charge in [0.25, 0.3) is 15.9 Å². The molecule has 1 aliphatic heterocycles. The van der Waals surface area contributed by atoms with Crippen LogP contribution in [0, 0.1) is 12.8 Å². The van der Waals surface area contributed by atoms with Gasteiger partial charge in [-0.2, -0.15) is 4.31 Å². The Kier molecular flexibility index (Phi) is 13.3. The van der Waals surface area contributed by atoms with E-state index in [0.29, 0.717) is 30.9 Å². The highest BCUT2D eigenvalue weighted by atomic mass is 32.2. The second-order valence-corrected chi connectivity index (χ2v) is 16.6. The van der Waals surface area contributed by atoms with Gasteiger partial charge in [0.15, 0.2) is 0 Å². The van der Waals surface area contributed by atoms with Crippen LogP contribution in [0.1, 0.15) is 56.0 Å². The topological polar surface area (TPSA) is 152 Å². The molecule has 0 bridgehead atoms. The number of aryl methyl sites for hydroxylation is 1. The molecule has 0 unspecified atom stereocenters. The lowest BCUT2D eigenvalue weighted by atomic mass is 10.0. The average molecular weight is 732 g/mol. The molecule has 0 aliphatic carbocycles. The molecule has 3 aromatic rings. The lowest BCUT2D eigenvalue weighted by Crippen LogP contribution is -2.48. The minimum absolute atomic E-state index is 0.0199. The molecular weight excluding hydrogens is 683 g/mol. The summed E-state index contributed by atoms with van der Waals surface area (Å²) in [5.41, 5.74) is 1.21. The van der Waals surface area contributed by atoms with E-state index in [0.717, 1.165) is 12.0 Å². The quantitative estimate of drug-likeness (QED) is 0.296. The fraction of sp³-hybridized carbons (Fsp3) is 0.472. The molecule has 12 nitrogen and oxygen atoms in total. The van der Waals surface area contributed by atoms with Gasteiger partial charge in [-0.1, -0.05) is 24.6 Å². The van der Waals surface area contributed by atoms with E-state index in [2.05, 4.69) is 4.72 Å². The van der Waals surface area contributed by atoms with Crippen molar-refractivity contribution in [2.24, 2.45) is 5.92 Å². The molecule has 0 fully saturated rings. The predicted octanol–water partition coefficient (Wildman–Crippen LogP) is 4.92. The van der Waals surface area contributed by atoms with Crippen LogP contribution >= 0.6 is 0 Å². The summed E-state index contributed by atoms with van der Waals surface area (Å²) in [6.07, 6.45) is 1.24. The van der Waals surface area contributed by atoms with E-state index in [1.54, 1.807) is 43.3 Å². The van der Waals surface area contributed by atoms with Crippen LogP contribution in [0.25, 0.3) is 0 Å². The molecular formula is C36H49N3O9S2. The lowest BCUT2D eigenvalue weighted by Gasteiger charge is -2.35. The van der Waals surface area contributed by atoms with E-state index >= 15 is 0 Å². The molecule has 1 amide bonds. The molecule has 3 aromatic carbocycles. The number of carbonyl (C=O) groups excluding carboxylic acids is 1. The van der Waals surface area contributed by atoms with Gasteiger partial charge in [0, 0.05) is 38.3 Å². The average Bonchev–Trinajstić information content (AvgIpc) is 3.09. The number of aliphatic hydroxyl groups is 1. The monoisotopic (exact) mass is 731 g/mol. The lowest BCUT2D eigenvalue weighted by molar-refractivity contribution is -0.00833. The number of likely N-dealkylation sites (N-methyl/N-ethyl adjacent to an activating group) is 1. The first-order valence-electron chi connectivity index (χ1n) is 16.7. The first-order valence-corrected chi connectivity index (χ1v) is 19.6. The molecule has 0 aromatic heterocycles. The number of ether oxygens (including phenoxy) is 3. The number of methoxy groups -OCH3 is 1. The van der Waals surface area contributed by atoms with Crippen LogP contribution in [0.5, 0.6) is 11.5 Å². The Labute approximate surface area is 296 Å². The summed E-state index contributed by atoms with van der Waals surface area (Å²) in [5.74, 6) is -0.0314. The number of hydrogen-bond donors (Lipinski definition) is 2. The van der Waals surface area contributed by atoms with Gasteiger partial charge in [-0.05, 0) is 94.6 Å². The summed E-state index contributed by atoms with van der Waals surface area (Å²) in [4.78, 5) is 16.1. The number of aliphatic hydroxyl groups excluding tert-OH is 1. The minimum Gasteiger partial charge on any atom is -0.497 e. The molecule has 0 saturated heterocycles. The van der Waals surface area contributed by atoms with Crippen molar-refractivity contribution in [3.8, 4) is 11.5 Å². The van der Waals surface area contributed by atoms with Gasteiger partial charge in [0.05, 0.1) is 47.3 Å². The number of carbonyl (C=O) groups is 1. The Morgan fingerprint density at radius 2 is 1.66 bits per heavy atom. The molecule has 1 aliphatic rings. The fourth-order valence-corrected chi connectivity index (χ4v) is 7.89. The summed E-state index contributed by atoms with van der Waals surface area (Å²) >= 11 is 0. The van der Waals surface area contributed by atoms with Crippen LogP contribution in [-0.4, -0.2) is 95.8 Å². The van der Waals surface area contributed by atoms with Crippen molar-refractivity contribution in [2.45, 2.75) is 75.0 Å². The minimum atomic E-state index is -3.96. The van der Waals surface area contributed by atoms with E-state index in [1.165, 1.54) is 53.7 Å². The third-order valence-corrected chi connectivity index (χ3v) is 12.1. The zero-order valence-electron chi connectivity index (χ0n) is 29.5. The number of amides is 1. The maximum Gasteiger partial charge on any atom is 0.261 e. The van der Waals surface area contributed by atoms with Gasteiger partial charge in [-0.3, -0.25) is 9.52 Å². The van der Waals surface area contributed by atoms with E-state index in [9.17, 15) is 26.7 Å². The molecule has 4 rings (SSSR count). The van der Waals surface area contributed by atoms with Gasteiger partial charge in [0.2, 0.25) is 10.0 Å². The summed E-state index contributed by atoms with van der Waals surface area (Å²) in [5, 5.41) is 10.2. The summed E-state index contributed by atoms with van der Waals surface area (Å²) in [6, 6.07) is 16.5. The normalized spacial score (nSPS) is 20.4. The number of nitrogens with one attached hydrogen (secondary N) is 1. The van der Waals surface area contributed by atoms with E-state index in [1.807, 2.05) is 20.8 Å². The second-order valence-electron chi connectivity index (χ2n) is 12.9. The first-order chi connectivity index (χ1) is 23.7. The Morgan fingerprint density at radius 3 is 2.30 bits per heavy atom. The molecule has 0 radical (unpaired) electrons. The zero-order valence-corrected chi connectivity index (χ0v) is 31.2. The van der Waals surface area contributed by atoms with Gasteiger partial charge in [0.1, 0.15) is 11.5 Å². The molecule has 4 atom stereocenters. The number of nitrogens with zero attached hydrogens (tertiary/aromatic N) is 2. The number of fused-ring (bicyclic) bond motifs is 1. The smallest absolute Gasteiger partial charge is 0.261 e. The van der Waals surface area contributed by atoms with Crippen molar-refractivity contribution in [2.75, 3.05) is 45.2 Å². The Bertz CT molecular complexity index is 1800. The van der Waals surface area contributed by atoms with Crippen LogP contribution in [0.3, 0.4) is 0 Å². The summed E-state index contributed by atoms with van der Waals surface area (Å²) in [6.45, 7) is 7.50. The number of benzene rings is 3. The summed E-state index contributed by atoms with van der Waals surface area (Å²) < 4.78 is 75.1. The highest BCUT2D eigenvalue weighted by Crippen LogP contribution is 2.30. The van der Waals surface area contributed by atoms with Crippen molar-refractivity contribution in [1.29, 1.82) is 0 Å². The van der Waals surface area contributed by atoms with Gasteiger partial charge >= 0.3 is 0 Å². The van der Waals surface area contributed by atoms with Crippen molar-refractivity contribution in [1.82, 2.24) is 9.21 Å². The molecule has 0 saturated carbocycles. The van der Waals surface area contributed by atoms with Gasteiger partial charge < -0.3 is 24.2 Å². The van der Waals surface area contributed by atoms with Crippen molar-refractivity contribution >= 4 is 31.6 Å². The van der Waals surface area contributed by atoms with Gasteiger partial charge in [-0.15, -0.1) is 0 Å². The molecule has 14 heteroatoms. The van der Waals surface area contributed by atoms with E-state index < -0.39 is 38.1 Å². The predicted molar refractivity (Wildman–Crippen MR) is 192 cm³/mol. The maximum absolute atomic E-state index is 14.4. The summed E-state index contributed by atoms with van der Waals surface area (Å²) in [7, 11) is -4.84. The second kappa shape index (κ2) is 17.0. The number of hydrogen-bond acceptors (Lipinski definition) is 9. The largest absolute Gasteiger partial charge is 0.497 e. The van der Waals surface area contributed by atoms with Crippen molar-refractivity contribution in [3.05, 3.63) is 77.9 Å². The third kappa shape index (κ3) is 9.75. The van der Waals surface area contributed by atoms with Crippen LogP contribution in [0.2, 0.25) is 0 Å². The number of rotatable bonds is 10. The maximum atomic E-state index is 14.4. The third-order valence-electron chi connectivity index (χ3n) is 8.84. The Morgan fingerprint density at radius 1 is 1.00 bits per heavy atom. The SMILES string of the molecule is COc1ccc(S(=O)(=O)N(C)C[C@H]2OCCCC[C@@H](C)Oc3ccc(NS(=O)(=O)c4ccc(C)cc4)cc3C(=O)N([C@@H](C)CO)C[C@@H]2C)cc1. The van der Waals surface area contributed by atoms with Crippen LogP contribution < -0.4 is 14.2 Å². The molecule has 50 heavy (non-hydrogen) atoms. The van der Waals surface area contributed by atoms with Crippen molar-refractivity contribution < 1.29 is 40.9 Å². The zero-order chi connectivity index (χ0) is 36.6. The van der Waals surface area contributed by atoms with Crippen LogP contribution in [0.4, 0.5) is 5.69 Å². The van der Waals surface area contributed by atoms with E-state index in [4.69, 9.17) is 14.2 Å². The Hall–Kier alpha value is -3.69. The van der Waals surface area contributed by atoms with E-state index in [-0.39, 0.29) is 52.8 Å². The number of anilines is 1. The molecule has 274 valence electrons. The highest BCUT2D eigenvalue weighted by Gasteiger charge is 2.32. The molecule has 0 spiro atoms. The molecule has 2 N–H and O–H groups in total. The van der Waals surface area contributed by atoms with Gasteiger partial charge in [-0.25, -0.2) is 16.8 Å². The van der Waals surface area contributed by atoms with Crippen molar-refractivity contribution in [3.63, 3.8) is 0 Å². The number of sulfonamides is 2. The highest BCUT2D eigenvalue weighted by molar-refractivity contribution is 7.92. The van der Waals surface area contributed by atoms with Crippen LogP contribution in [-0.2, 0) is 24.8 Å². The fourth-order valence-electron chi connectivity index (χ4n) is 5.66. The molecule has 1 heterocycles. The first kappa shape index (κ1) is 39.1. The standard InChI is InChI=1S/C36H49N3O9S2/c1-25-10-15-31(16-11-25)49(42,43)37-29-12-19-34-33(21-29)36(41)39(27(3)24-40)22-26(2)35(47-20-8-7-9-28(4)48-34)23-38(5)50(44,45)32-17-13-30(46-6)14-18-32/h10-19,21,26-28,35,37,40H,7-9,20,22-24H2,1-6H3/t26-,27-,28+,35+/m0/s1. The van der Waals surface area contributed by atoms with Crippen LogP contribution in [0.15, 0.2) is 76.5 Å².